The third kappa shape index (κ3) is 3.37. The van der Waals surface area contributed by atoms with Crippen molar-refractivity contribution >= 4 is 28.8 Å². The number of hydrogen-bond donors (Lipinski definition) is 1. The van der Waals surface area contributed by atoms with Gasteiger partial charge in [-0.1, -0.05) is 36.4 Å². The fraction of sp³-hybridized carbons (Fsp3) is 0.0435. The maximum atomic E-state index is 12.1. The van der Waals surface area contributed by atoms with E-state index in [2.05, 4.69) is 4.98 Å². The van der Waals surface area contributed by atoms with Gasteiger partial charge in [0.25, 0.3) is 0 Å². The molecule has 0 fully saturated rings. The van der Waals surface area contributed by atoms with Crippen molar-refractivity contribution in [1.29, 1.82) is 0 Å². The maximum Gasteiger partial charge on any atom is 0.147 e. The summed E-state index contributed by atoms with van der Waals surface area (Å²) in [5, 5.41) is 0. The number of nitrogen functional groups attached to an aromatic ring is 1. The van der Waals surface area contributed by atoms with Crippen LogP contribution in [0.4, 0.5) is 11.4 Å². The van der Waals surface area contributed by atoms with Gasteiger partial charge in [-0.15, -0.1) is 0 Å². The van der Waals surface area contributed by atoms with E-state index in [1.807, 2.05) is 90.0 Å². The minimum atomic E-state index is -0.443. The van der Waals surface area contributed by atoms with Gasteiger partial charge in [0.05, 0.1) is 5.69 Å². The molecule has 1 unspecified atom stereocenters. The van der Waals surface area contributed by atoms with E-state index in [1.54, 1.807) is 6.20 Å². The zero-order valence-corrected chi connectivity index (χ0v) is 14.7. The number of allylic oxidation sites excluding steroid dienone is 2. The molecule has 1 aromatic heterocycles. The lowest BCUT2D eigenvalue weighted by Gasteiger charge is -2.33. The molecule has 0 saturated carbocycles. The summed E-state index contributed by atoms with van der Waals surface area (Å²) in [6, 6.07) is 22.8. The van der Waals surface area contributed by atoms with Gasteiger partial charge >= 0.3 is 0 Å². The molecule has 4 heteroatoms. The van der Waals surface area contributed by atoms with Gasteiger partial charge < -0.3 is 15.4 Å². The molecule has 4 nitrogen and oxygen atoms in total. The fourth-order valence-electron chi connectivity index (χ4n) is 3.29. The van der Waals surface area contributed by atoms with Crippen LogP contribution in [0.1, 0.15) is 11.3 Å². The number of rotatable bonds is 4. The summed E-state index contributed by atoms with van der Waals surface area (Å²) in [6.45, 7) is 0. The van der Waals surface area contributed by atoms with Crippen molar-refractivity contribution in [3.63, 3.8) is 0 Å². The second kappa shape index (κ2) is 7.30. The number of pyridine rings is 1. The molecular formula is C23H19N3O. The van der Waals surface area contributed by atoms with Gasteiger partial charge in [0.15, 0.2) is 0 Å². The average Bonchev–Trinajstić information content (AvgIpc) is 2.74. The summed E-state index contributed by atoms with van der Waals surface area (Å²) >= 11 is 0. The van der Waals surface area contributed by atoms with Crippen molar-refractivity contribution in [2.45, 2.75) is 6.04 Å². The van der Waals surface area contributed by atoms with Crippen molar-refractivity contribution in [3.05, 3.63) is 103 Å². The Balaban J connectivity index is 1.89. The largest absolute Gasteiger partial charge is 0.399 e. The normalized spacial score (nSPS) is 16.4. The van der Waals surface area contributed by atoms with Crippen LogP contribution in [0.15, 0.2) is 91.3 Å². The Labute approximate surface area is 158 Å². The van der Waals surface area contributed by atoms with Gasteiger partial charge in [0.2, 0.25) is 0 Å². The molecule has 0 aliphatic carbocycles. The minimum absolute atomic E-state index is 0.443. The van der Waals surface area contributed by atoms with Crippen LogP contribution in [-0.2, 0) is 4.79 Å². The van der Waals surface area contributed by atoms with Crippen LogP contribution < -0.4 is 10.6 Å². The Kier molecular flexibility index (Phi) is 4.54. The number of aromatic nitrogens is 1. The lowest BCUT2D eigenvalue weighted by molar-refractivity contribution is -0.107. The molecular weight excluding hydrogens is 334 g/mol. The number of aldehydes is 1. The molecule has 2 aromatic carbocycles. The molecule has 0 radical (unpaired) electrons. The minimum Gasteiger partial charge on any atom is -0.399 e. The van der Waals surface area contributed by atoms with E-state index in [-0.39, 0.29) is 0 Å². The van der Waals surface area contributed by atoms with E-state index in [4.69, 9.17) is 5.73 Å². The molecule has 2 N–H and O–H groups in total. The highest BCUT2D eigenvalue weighted by Crippen LogP contribution is 2.34. The number of carbonyl (C=O) groups excluding carboxylic acids is 1. The molecule has 27 heavy (non-hydrogen) atoms. The maximum absolute atomic E-state index is 12.1. The first-order valence-electron chi connectivity index (χ1n) is 8.75. The average molecular weight is 353 g/mol. The lowest BCUT2D eigenvalue weighted by Crippen LogP contribution is -2.35. The van der Waals surface area contributed by atoms with Gasteiger partial charge in [-0.05, 0) is 53.6 Å². The summed E-state index contributed by atoms with van der Waals surface area (Å²) in [6.07, 6.45) is 6.73. The molecule has 3 aromatic rings. The van der Waals surface area contributed by atoms with Crippen molar-refractivity contribution in [3.8, 4) is 0 Å². The zero-order valence-electron chi connectivity index (χ0n) is 14.7. The van der Waals surface area contributed by atoms with Crippen LogP contribution in [0.25, 0.3) is 11.1 Å². The number of para-hydroxylation sites is 1. The smallest absolute Gasteiger partial charge is 0.147 e. The summed E-state index contributed by atoms with van der Waals surface area (Å²) in [5.41, 5.74) is 11.2. The first-order chi connectivity index (χ1) is 13.3. The molecule has 0 spiro atoms. The zero-order chi connectivity index (χ0) is 18.6. The number of carbonyl (C=O) groups is 1. The fourth-order valence-corrected chi connectivity index (χ4v) is 3.29. The Morgan fingerprint density at radius 2 is 1.78 bits per heavy atom. The van der Waals surface area contributed by atoms with E-state index in [1.165, 1.54) is 0 Å². The van der Waals surface area contributed by atoms with Crippen LogP contribution in [0.2, 0.25) is 0 Å². The Morgan fingerprint density at radius 1 is 0.963 bits per heavy atom. The van der Waals surface area contributed by atoms with Crippen LogP contribution in [0.3, 0.4) is 0 Å². The van der Waals surface area contributed by atoms with E-state index in [0.717, 1.165) is 34.4 Å². The summed E-state index contributed by atoms with van der Waals surface area (Å²) in [4.78, 5) is 18.6. The lowest BCUT2D eigenvalue weighted by atomic mass is 9.91. The van der Waals surface area contributed by atoms with Gasteiger partial charge in [-0.3, -0.25) is 4.98 Å². The second-order valence-electron chi connectivity index (χ2n) is 6.35. The SMILES string of the molecule is Nc1cccc(C2=CC(c3ccccn3)=CN(c3ccccc3)C2C=O)c1. The Bertz CT molecular complexity index is 1010. The van der Waals surface area contributed by atoms with E-state index in [9.17, 15) is 4.79 Å². The highest BCUT2D eigenvalue weighted by molar-refractivity contribution is 5.98. The molecule has 1 aliphatic rings. The third-order valence-corrected chi connectivity index (χ3v) is 4.57. The Morgan fingerprint density at radius 3 is 2.48 bits per heavy atom. The van der Waals surface area contributed by atoms with Crippen LogP contribution in [0.5, 0.6) is 0 Å². The third-order valence-electron chi connectivity index (χ3n) is 4.57. The summed E-state index contributed by atoms with van der Waals surface area (Å²) in [5.74, 6) is 0. The van der Waals surface area contributed by atoms with Gasteiger partial charge in [-0.25, -0.2) is 0 Å². The summed E-state index contributed by atoms with van der Waals surface area (Å²) < 4.78 is 0. The highest BCUT2D eigenvalue weighted by atomic mass is 16.1. The highest BCUT2D eigenvalue weighted by Gasteiger charge is 2.27. The first-order valence-corrected chi connectivity index (χ1v) is 8.75. The van der Waals surface area contributed by atoms with E-state index < -0.39 is 6.04 Å². The van der Waals surface area contributed by atoms with Crippen LogP contribution in [-0.4, -0.2) is 17.3 Å². The van der Waals surface area contributed by atoms with Crippen molar-refractivity contribution < 1.29 is 4.79 Å². The molecule has 0 bridgehead atoms. The molecule has 2 heterocycles. The van der Waals surface area contributed by atoms with E-state index >= 15 is 0 Å². The van der Waals surface area contributed by atoms with Gasteiger partial charge in [0.1, 0.15) is 12.3 Å². The van der Waals surface area contributed by atoms with Crippen molar-refractivity contribution in [2.75, 3.05) is 10.6 Å². The molecule has 1 atom stereocenters. The number of anilines is 2. The second-order valence-corrected chi connectivity index (χ2v) is 6.35. The predicted molar refractivity (Wildman–Crippen MR) is 110 cm³/mol. The quantitative estimate of drug-likeness (QED) is 0.565. The number of hydrogen-bond acceptors (Lipinski definition) is 4. The number of nitrogens with two attached hydrogens (primary N) is 1. The topological polar surface area (TPSA) is 59.2 Å². The summed E-state index contributed by atoms with van der Waals surface area (Å²) in [7, 11) is 0. The molecule has 4 rings (SSSR count). The molecule has 0 amide bonds. The number of nitrogens with zero attached hydrogens (tertiary/aromatic N) is 2. The molecule has 1 aliphatic heterocycles. The van der Waals surface area contributed by atoms with Gasteiger partial charge in [0, 0.05) is 29.3 Å². The molecule has 132 valence electrons. The van der Waals surface area contributed by atoms with Crippen molar-refractivity contribution in [2.24, 2.45) is 0 Å². The number of benzene rings is 2. The predicted octanol–water partition coefficient (Wildman–Crippen LogP) is 4.18. The first kappa shape index (κ1) is 16.8. The Hall–Kier alpha value is -3.66. The van der Waals surface area contributed by atoms with Crippen LogP contribution >= 0.6 is 0 Å². The van der Waals surface area contributed by atoms with Crippen LogP contribution in [0, 0.1) is 0 Å². The monoisotopic (exact) mass is 353 g/mol. The van der Waals surface area contributed by atoms with Crippen molar-refractivity contribution in [1.82, 2.24) is 4.98 Å². The molecule has 0 saturated heterocycles. The van der Waals surface area contributed by atoms with E-state index in [0.29, 0.717) is 5.69 Å². The van der Waals surface area contributed by atoms with Gasteiger partial charge in [-0.2, -0.15) is 0 Å². The standard InChI is InChI=1S/C23H19N3O/c24-19-8-6-7-17(13-19)21-14-18(22-11-4-5-12-25-22)15-26(23(21)16-27)20-9-2-1-3-10-20/h1-16,23H,24H2.